The van der Waals surface area contributed by atoms with E-state index in [2.05, 4.69) is 23.1 Å². The number of morpholine rings is 1. The van der Waals surface area contributed by atoms with Crippen LogP contribution in [0.1, 0.15) is 18.9 Å². The molecule has 0 radical (unpaired) electrons. The standard InChI is InChI=1S/C17H26N2O3/c1-13-10-19(11-16(12-20)22-13)17(21)8-7-14-5-4-6-15(9-14)18(2)3/h4-6,9,13,16,20H,7-8,10-12H2,1-3H3/t13-,16-/m0/s1. The summed E-state index contributed by atoms with van der Waals surface area (Å²) in [5, 5.41) is 9.23. The number of carbonyl (C=O) groups is 1. The highest BCUT2D eigenvalue weighted by atomic mass is 16.5. The number of nitrogens with zero attached hydrogens (tertiary/aromatic N) is 2. The molecule has 1 heterocycles. The lowest BCUT2D eigenvalue weighted by molar-refractivity contribution is -0.147. The van der Waals surface area contributed by atoms with Crippen LogP contribution in [0.2, 0.25) is 0 Å². The fourth-order valence-electron chi connectivity index (χ4n) is 2.75. The van der Waals surface area contributed by atoms with E-state index in [4.69, 9.17) is 4.74 Å². The van der Waals surface area contributed by atoms with Crippen molar-refractivity contribution in [3.05, 3.63) is 29.8 Å². The number of aliphatic hydroxyl groups is 1. The number of hydrogen-bond donors (Lipinski definition) is 1. The Morgan fingerprint density at radius 2 is 2.18 bits per heavy atom. The minimum Gasteiger partial charge on any atom is -0.394 e. The number of benzene rings is 1. The van der Waals surface area contributed by atoms with Crippen molar-refractivity contribution in [2.24, 2.45) is 0 Å². The van der Waals surface area contributed by atoms with Crippen LogP contribution in [0.25, 0.3) is 0 Å². The van der Waals surface area contributed by atoms with Gasteiger partial charge in [-0.15, -0.1) is 0 Å². The lowest BCUT2D eigenvalue weighted by atomic mass is 10.1. The molecule has 0 spiro atoms. The van der Waals surface area contributed by atoms with Crippen molar-refractivity contribution in [3.8, 4) is 0 Å². The third-order valence-corrected chi connectivity index (χ3v) is 3.94. The van der Waals surface area contributed by atoms with Crippen molar-refractivity contribution in [2.45, 2.75) is 32.0 Å². The first-order valence-electron chi connectivity index (χ1n) is 7.80. The Bertz CT molecular complexity index is 504. The van der Waals surface area contributed by atoms with Gasteiger partial charge in [0, 0.05) is 39.3 Å². The predicted octanol–water partition coefficient (Wildman–Crippen LogP) is 1.29. The van der Waals surface area contributed by atoms with Crippen molar-refractivity contribution in [1.82, 2.24) is 4.90 Å². The van der Waals surface area contributed by atoms with Gasteiger partial charge in [-0.3, -0.25) is 4.79 Å². The second kappa shape index (κ2) is 7.61. The van der Waals surface area contributed by atoms with Gasteiger partial charge in [0.1, 0.15) is 0 Å². The Balaban J connectivity index is 1.90. The molecule has 0 aromatic heterocycles. The molecule has 1 aliphatic heterocycles. The summed E-state index contributed by atoms with van der Waals surface area (Å²) in [6, 6.07) is 8.25. The smallest absolute Gasteiger partial charge is 0.223 e. The molecule has 0 aliphatic carbocycles. The van der Waals surface area contributed by atoms with Crippen LogP contribution < -0.4 is 4.90 Å². The molecule has 1 amide bonds. The lowest BCUT2D eigenvalue weighted by Gasteiger charge is -2.36. The highest BCUT2D eigenvalue weighted by Crippen LogP contribution is 2.16. The predicted molar refractivity (Wildman–Crippen MR) is 87.1 cm³/mol. The molecule has 22 heavy (non-hydrogen) atoms. The quantitative estimate of drug-likeness (QED) is 0.891. The lowest BCUT2D eigenvalue weighted by Crippen LogP contribution is -2.50. The average Bonchev–Trinajstić information content (AvgIpc) is 2.52. The van der Waals surface area contributed by atoms with E-state index in [1.54, 1.807) is 0 Å². The largest absolute Gasteiger partial charge is 0.394 e. The minimum absolute atomic E-state index is 0.0214. The summed E-state index contributed by atoms with van der Waals surface area (Å²) in [5.41, 5.74) is 2.31. The molecule has 1 aliphatic rings. The maximum atomic E-state index is 12.4. The molecular formula is C17H26N2O3. The molecule has 0 unspecified atom stereocenters. The number of aliphatic hydroxyl groups excluding tert-OH is 1. The van der Waals surface area contributed by atoms with E-state index in [9.17, 15) is 9.90 Å². The van der Waals surface area contributed by atoms with Gasteiger partial charge in [-0.1, -0.05) is 12.1 Å². The van der Waals surface area contributed by atoms with E-state index in [1.807, 2.05) is 32.0 Å². The first-order chi connectivity index (χ1) is 10.5. The monoisotopic (exact) mass is 306 g/mol. The van der Waals surface area contributed by atoms with Gasteiger partial charge in [-0.2, -0.15) is 0 Å². The number of ether oxygens (including phenoxy) is 1. The number of hydrogen-bond acceptors (Lipinski definition) is 4. The molecule has 1 aromatic carbocycles. The van der Waals surface area contributed by atoms with Gasteiger partial charge in [0.05, 0.1) is 18.8 Å². The Labute approximate surface area is 132 Å². The summed E-state index contributed by atoms with van der Waals surface area (Å²) < 4.78 is 5.57. The second-order valence-corrected chi connectivity index (χ2v) is 6.11. The van der Waals surface area contributed by atoms with Gasteiger partial charge in [-0.25, -0.2) is 0 Å². The van der Waals surface area contributed by atoms with Crippen molar-refractivity contribution < 1.29 is 14.6 Å². The van der Waals surface area contributed by atoms with Crippen LogP contribution in [-0.2, 0) is 16.0 Å². The minimum atomic E-state index is -0.259. The Hall–Kier alpha value is -1.59. The third kappa shape index (κ3) is 4.45. The first-order valence-corrected chi connectivity index (χ1v) is 7.80. The molecule has 1 N–H and O–H groups in total. The molecule has 0 saturated carbocycles. The molecule has 5 nitrogen and oxygen atoms in total. The maximum Gasteiger partial charge on any atom is 0.223 e. The van der Waals surface area contributed by atoms with Gasteiger partial charge in [0.25, 0.3) is 0 Å². The highest BCUT2D eigenvalue weighted by molar-refractivity contribution is 5.76. The van der Waals surface area contributed by atoms with E-state index in [0.717, 1.165) is 12.1 Å². The van der Waals surface area contributed by atoms with Crippen molar-refractivity contribution in [3.63, 3.8) is 0 Å². The van der Waals surface area contributed by atoms with Crippen LogP contribution >= 0.6 is 0 Å². The van der Waals surface area contributed by atoms with E-state index in [0.29, 0.717) is 19.5 Å². The number of anilines is 1. The molecule has 1 aromatic rings. The van der Waals surface area contributed by atoms with Gasteiger partial charge in [0.2, 0.25) is 5.91 Å². The summed E-state index contributed by atoms with van der Waals surface area (Å²) in [7, 11) is 4.02. The van der Waals surface area contributed by atoms with Crippen LogP contribution in [0.15, 0.2) is 24.3 Å². The fraction of sp³-hybridized carbons (Fsp3) is 0.588. The summed E-state index contributed by atoms with van der Waals surface area (Å²) in [6.45, 7) is 2.98. The van der Waals surface area contributed by atoms with E-state index >= 15 is 0 Å². The van der Waals surface area contributed by atoms with Crippen LogP contribution in [0, 0.1) is 0 Å². The van der Waals surface area contributed by atoms with Crippen LogP contribution in [0.3, 0.4) is 0 Å². The molecule has 0 bridgehead atoms. The molecule has 2 atom stereocenters. The summed E-state index contributed by atoms with van der Waals surface area (Å²) in [6.07, 6.45) is 0.939. The SMILES string of the molecule is C[C@H]1CN(C(=O)CCc2cccc(N(C)C)c2)C[C@@H](CO)O1. The summed E-state index contributed by atoms with van der Waals surface area (Å²) in [4.78, 5) is 16.2. The highest BCUT2D eigenvalue weighted by Gasteiger charge is 2.27. The van der Waals surface area contributed by atoms with Crippen molar-refractivity contribution >= 4 is 11.6 Å². The van der Waals surface area contributed by atoms with Gasteiger partial charge in [-0.05, 0) is 31.0 Å². The zero-order valence-electron chi connectivity index (χ0n) is 13.7. The Morgan fingerprint density at radius 3 is 2.86 bits per heavy atom. The zero-order valence-corrected chi connectivity index (χ0v) is 13.7. The topological polar surface area (TPSA) is 53.0 Å². The van der Waals surface area contributed by atoms with Crippen molar-refractivity contribution in [2.75, 3.05) is 38.7 Å². The normalized spacial score (nSPS) is 21.7. The molecule has 2 rings (SSSR count). The number of rotatable bonds is 5. The van der Waals surface area contributed by atoms with Crippen LogP contribution in [0.5, 0.6) is 0 Å². The first kappa shape index (κ1) is 16.8. The van der Waals surface area contributed by atoms with Gasteiger partial charge in [0.15, 0.2) is 0 Å². The molecular weight excluding hydrogens is 280 g/mol. The Kier molecular flexibility index (Phi) is 5.80. The van der Waals surface area contributed by atoms with E-state index in [-0.39, 0.29) is 24.7 Å². The molecule has 1 fully saturated rings. The van der Waals surface area contributed by atoms with E-state index < -0.39 is 0 Å². The van der Waals surface area contributed by atoms with Crippen molar-refractivity contribution in [1.29, 1.82) is 0 Å². The number of amides is 1. The zero-order chi connectivity index (χ0) is 16.1. The Morgan fingerprint density at radius 1 is 1.41 bits per heavy atom. The number of aryl methyl sites for hydroxylation is 1. The average molecular weight is 306 g/mol. The van der Waals surface area contributed by atoms with Crippen LogP contribution in [0.4, 0.5) is 5.69 Å². The second-order valence-electron chi connectivity index (χ2n) is 6.11. The van der Waals surface area contributed by atoms with Gasteiger partial charge >= 0.3 is 0 Å². The number of carbonyl (C=O) groups excluding carboxylic acids is 1. The summed E-state index contributed by atoms with van der Waals surface area (Å²) >= 11 is 0. The molecule has 1 saturated heterocycles. The fourth-order valence-corrected chi connectivity index (χ4v) is 2.75. The third-order valence-electron chi connectivity index (χ3n) is 3.94. The maximum absolute atomic E-state index is 12.4. The molecule has 122 valence electrons. The van der Waals surface area contributed by atoms with Crippen LogP contribution in [-0.4, -0.2) is 61.9 Å². The van der Waals surface area contributed by atoms with E-state index in [1.165, 1.54) is 5.56 Å². The summed E-state index contributed by atoms with van der Waals surface area (Å²) in [5.74, 6) is 0.129. The van der Waals surface area contributed by atoms with Gasteiger partial charge < -0.3 is 19.6 Å². The molecule has 5 heteroatoms.